The third-order valence-corrected chi connectivity index (χ3v) is 1.77. The third kappa shape index (κ3) is 1.35. The minimum Gasteiger partial charge on any atom is -0.505 e. The predicted octanol–water partition coefficient (Wildman–Crippen LogP) is 0.922. The van der Waals surface area contributed by atoms with Crippen molar-refractivity contribution >= 4 is 11.9 Å². The summed E-state index contributed by atoms with van der Waals surface area (Å²) in [5.74, 6) is -0.0742. The van der Waals surface area contributed by atoms with E-state index in [1.807, 2.05) is 0 Å². The van der Waals surface area contributed by atoms with Crippen molar-refractivity contribution < 1.29 is 10.2 Å². The van der Waals surface area contributed by atoms with Gasteiger partial charge in [0, 0.05) is 6.20 Å². The van der Waals surface area contributed by atoms with Crippen LogP contribution in [0.5, 0.6) is 11.5 Å². The van der Waals surface area contributed by atoms with E-state index in [1.165, 1.54) is 17.3 Å². The molecule has 0 atom stereocenters. The molecular weight excluding hydrogens is 182 g/mol. The largest absolute Gasteiger partial charge is 0.505 e. The summed E-state index contributed by atoms with van der Waals surface area (Å²) in [5.41, 5.74) is 2.98. The number of hydrogen-bond acceptors (Lipinski definition) is 5. The van der Waals surface area contributed by atoms with Gasteiger partial charge in [-0.15, -0.1) is 0 Å². The lowest BCUT2D eigenvalue weighted by Gasteiger charge is -2.21. The normalized spacial score (nSPS) is 14.1. The van der Waals surface area contributed by atoms with Crippen molar-refractivity contribution in [3.05, 3.63) is 30.5 Å². The second-order valence-electron chi connectivity index (χ2n) is 2.71. The van der Waals surface area contributed by atoms with Crippen LogP contribution in [0.25, 0.3) is 0 Å². The molecule has 0 unspecified atom stereocenters. The van der Waals surface area contributed by atoms with Crippen LogP contribution in [0.3, 0.4) is 0 Å². The topological polar surface area (TPSA) is 68.1 Å². The maximum atomic E-state index is 9.50. The van der Waals surface area contributed by atoms with Crippen LogP contribution in [0.15, 0.2) is 35.6 Å². The lowest BCUT2D eigenvalue weighted by molar-refractivity contribution is 0.447. The van der Waals surface area contributed by atoms with E-state index in [4.69, 9.17) is 0 Å². The van der Waals surface area contributed by atoms with Crippen molar-refractivity contribution in [1.82, 2.24) is 5.43 Å². The number of hydrazine groups is 1. The fraction of sp³-hybridized carbons (Fsp3) is 0. The van der Waals surface area contributed by atoms with Crippen LogP contribution in [-0.2, 0) is 0 Å². The number of hydrogen-bond donors (Lipinski definition) is 3. The molecule has 1 aromatic carbocycles. The van der Waals surface area contributed by atoms with Crippen LogP contribution in [0.2, 0.25) is 0 Å². The van der Waals surface area contributed by atoms with Crippen LogP contribution >= 0.6 is 0 Å². The Morgan fingerprint density at radius 1 is 1.21 bits per heavy atom. The molecule has 0 aliphatic carbocycles. The van der Waals surface area contributed by atoms with Crippen LogP contribution in [0.1, 0.15) is 0 Å². The van der Waals surface area contributed by atoms with Gasteiger partial charge in [0.15, 0.2) is 5.69 Å². The number of para-hydroxylation sites is 1. The van der Waals surface area contributed by atoms with Gasteiger partial charge in [-0.2, -0.15) is 10.2 Å². The molecule has 0 radical (unpaired) electrons. The second kappa shape index (κ2) is 3.29. The highest BCUT2D eigenvalue weighted by Gasteiger charge is 2.14. The minimum atomic E-state index is -0.0371. The van der Waals surface area contributed by atoms with E-state index in [0.29, 0.717) is 0 Å². The first-order valence-electron chi connectivity index (χ1n) is 4.05. The van der Waals surface area contributed by atoms with Crippen molar-refractivity contribution in [2.24, 2.45) is 5.10 Å². The average Bonchev–Trinajstić information content (AvgIpc) is 2.19. The molecule has 1 aromatic rings. The molecular formula is C9H9N3O2. The standard InChI is InChI=1S/C9H9N3O2/c13-7-3-1-4-8(14)9(7)12-10-5-2-6-11-12/h1-6,10,13-14H. The van der Waals surface area contributed by atoms with Gasteiger partial charge in [-0.25, -0.2) is 0 Å². The molecule has 3 N–H and O–H groups in total. The van der Waals surface area contributed by atoms with E-state index in [0.717, 1.165) is 0 Å². The Hall–Kier alpha value is -2.17. The summed E-state index contributed by atoms with van der Waals surface area (Å²) in [4.78, 5) is 0. The summed E-state index contributed by atoms with van der Waals surface area (Å²) < 4.78 is 0. The highest BCUT2D eigenvalue weighted by molar-refractivity contribution is 5.75. The number of phenolic OH excluding ortho intramolecular Hbond substituents is 2. The monoisotopic (exact) mass is 191 g/mol. The van der Waals surface area contributed by atoms with E-state index < -0.39 is 0 Å². The Morgan fingerprint density at radius 2 is 1.93 bits per heavy atom. The van der Waals surface area contributed by atoms with E-state index >= 15 is 0 Å². The summed E-state index contributed by atoms with van der Waals surface area (Å²) >= 11 is 0. The zero-order chi connectivity index (χ0) is 9.97. The molecule has 0 spiro atoms. The SMILES string of the molecule is Oc1cccc(O)c1N1N=CC=CN1. The molecule has 72 valence electrons. The molecule has 1 aliphatic heterocycles. The maximum absolute atomic E-state index is 9.50. The van der Waals surface area contributed by atoms with E-state index in [2.05, 4.69) is 10.5 Å². The zero-order valence-electron chi connectivity index (χ0n) is 7.25. The molecule has 5 nitrogen and oxygen atoms in total. The Labute approximate surface area is 80.6 Å². The quantitative estimate of drug-likeness (QED) is 0.617. The average molecular weight is 191 g/mol. The van der Waals surface area contributed by atoms with Gasteiger partial charge >= 0.3 is 0 Å². The minimum absolute atomic E-state index is 0.0371. The van der Waals surface area contributed by atoms with Gasteiger partial charge in [-0.3, -0.25) is 5.43 Å². The summed E-state index contributed by atoms with van der Waals surface area (Å²) in [7, 11) is 0. The Morgan fingerprint density at radius 3 is 2.50 bits per heavy atom. The van der Waals surface area contributed by atoms with E-state index in [1.54, 1.807) is 24.6 Å². The number of hydrazone groups is 1. The number of anilines is 1. The molecule has 1 heterocycles. The number of nitrogens with one attached hydrogen (secondary N) is 1. The number of phenols is 2. The second-order valence-corrected chi connectivity index (χ2v) is 2.71. The fourth-order valence-corrected chi connectivity index (χ4v) is 1.15. The molecule has 5 heteroatoms. The molecule has 0 fully saturated rings. The number of nitrogens with zero attached hydrogens (tertiary/aromatic N) is 2. The van der Waals surface area contributed by atoms with E-state index in [9.17, 15) is 10.2 Å². The van der Waals surface area contributed by atoms with E-state index in [-0.39, 0.29) is 17.2 Å². The Kier molecular flexibility index (Phi) is 1.98. The summed E-state index contributed by atoms with van der Waals surface area (Å²) in [6.07, 6.45) is 4.88. The predicted molar refractivity (Wildman–Crippen MR) is 53.0 cm³/mol. The van der Waals surface area contributed by atoms with Gasteiger partial charge < -0.3 is 10.2 Å². The summed E-state index contributed by atoms with van der Waals surface area (Å²) in [6, 6.07) is 4.51. The first-order chi connectivity index (χ1) is 6.79. The molecule has 0 aromatic heterocycles. The number of aromatic hydroxyl groups is 2. The first-order valence-corrected chi connectivity index (χ1v) is 4.05. The summed E-state index contributed by atoms with van der Waals surface area (Å²) in [6.45, 7) is 0. The fourth-order valence-electron chi connectivity index (χ4n) is 1.15. The molecule has 1 aliphatic rings. The van der Waals surface area contributed by atoms with Gasteiger partial charge in [-0.1, -0.05) is 6.07 Å². The number of benzene rings is 1. The summed E-state index contributed by atoms with van der Waals surface area (Å²) in [5, 5.41) is 24.2. The van der Waals surface area contributed by atoms with Gasteiger partial charge in [0.05, 0.1) is 6.21 Å². The molecule has 0 saturated heterocycles. The molecule has 2 rings (SSSR count). The maximum Gasteiger partial charge on any atom is 0.167 e. The number of rotatable bonds is 1. The smallest absolute Gasteiger partial charge is 0.167 e. The van der Waals surface area contributed by atoms with Gasteiger partial charge in [0.25, 0.3) is 0 Å². The van der Waals surface area contributed by atoms with Crippen molar-refractivity contribution in [2.45, 2.75) is 0 Å². The number of allylic oxidation sites excluding steroid dienone is 1. The van der Waals surface area contributed by atoms with Crippen molar-refractivity contribution in [3.63, 3.8) is 0 Å². The molecule has 0 saturated carbocycles. The first kappa shape index (κ1) is 8.43. The van der Waals surface area contributed by atoms with Crippen LogP contribution in [-0.4, -0.2) is 16.4 Å². The van der Waals surface area contributed by atoms with Crippen molar-refractivity contribution in [2.75, 3.05) is 5.12 Å². The molecule has 0 amide bonds. The Bertz CT molecular complexity index is 381. The van der Waals surface area contributed by atoms with Crippen molar-refractivity contribution in [3.8, 4) is 11.5 Å². The lowest BCUT2D eigenvalue weighted by Crippen LogP contribution is -2.30. The molecule has 0 bridgehead atoms. The van der Waals surface area contributed by atoms with Gasteiger partial charge in [0.1, 0.15) is 11.5 Å². The highest BCUT2D eigenvalue weighted by atomic mass is 16.3. The van der Waals surface area contributed by atoms with Crippen LogP contribution < -0.4 is 10.5 Å². The van der Waals surface area contributed by atoms with Gasteiger partial charge in [0.2, 0.25) is 0 Å². The third-order valence-electron chi connectivity index (χ3n) is 1.77. The van der Waals surface area contributed by atoms with Crippen LogP contribution in [0.4, 0.5) is 5.69 Å². The van der Waals surface area contributed by atoms with Crippen molar-refractivity contribution in [1.29, 1.82) is 0 Å². The Balaban J connectivity index is 2.40. The van der Waals surface area contributed by atoms with Crippen LogP contribution in [0, 0.1) is 0 Å². The highest BCUT2D eigenvalue weighted by Crippen LogP contribution is 2.35. The zero-order valence-corrected chi connectivity index (χ0v) is 7.25. The van der Waals surface area contributed by atoms with Gasteiger partial charge in [-0.05, 0) is 18.2 Å². The lowest BCUT2D eigenvalue weighted by atomic mass is 10.2. The molecule has 14 heavy (non-hydrogen) atoms.